The molecule has 0 saturated carbocycles. The molecule has 1 heterocycles. The van der Waals surface area contributed by atoms with Crippen molar-refractivity contribution in [3.63, 3.8) is 0 Å². The maximum atomic E-state index is 10.4. The normalized spacial score (nSPS) is 34.7. The average Bonchev–Trinajstić information content (AvgIpc) is 2.10. The Morgan fingerprint density at radius 1 is 1.89 bits per heavy atom. The Hall–Kier alpha value is -0.570. The summed E-state index contributed by atoms with van der Waals surface area (Å²) in [5.41, 5.74) is 0. The van der Waals surface area contributed by atoms with Gasteiger partial charge in [0.1, 0.15) is 12.2 Å². The molecule has 0 aliphatic carbocycles. The van der Waals surface area contributed by atoms with Crippen LogP contribution in [0.4, 0.5) is 0 Å². The average molecular weight is 130 g/mol. The first kappa shape index (κ1) is 6.55. The smallest absolute Gasteiger partial charge is 0.308 e. The molecule has 0 aromatic carbocycles. The van der Waals surface area contributed by atoms with Gasteiger partial charge in [-0.3, -0.25) is 4.79 Å². The van der Waals surface area contributed by atoms with Gasteiger partial charge < -0.3 is 9.84 Å². The van der Waals surface area contributed by atoms with Crippen molar-refractivity contribution in [2.45, 2.75) is 32.0 Å². The predicted molar refractivity (Wildman–Crippen MR) is 30.8 cm³/mol. The van der Waals surface area contributed by atoms with E-state index in [0.717, 1.165) is 0 Å². The highest BCUT2D eigenvalue weighted by Crippen LogP contribution is 2.16. The van der Waals surface area contributed by atoms with E-state index in [1.165, 1.54) is 0 Å². The second kappa shape index (κ2) is 2.35. The Bertz CT molecular complexity index is 121. The van der Waals surface area contributed by atoms with Crippen molar-refractivity contribution >= 4 is 5.97 Å². The minimum absolute atomic E-state index is 0.165. The van der Waals surface area contributed by atoms with Crippen LogP contribution in [-0.4, -0.2) is 23.3 Å². The van der Waals surface area contributed by atoms with Crippen LogP contribution in [-0.2, 0) is 9.53 Å². The molecule has 3 nitrogen and oxygen atoms in total. The van der Waals surface area contributed by atoms with Crippen LogP contribution in [0.1, 0.15) is 19.8 Å². The number of esters is 1. The molecule has 0 radical (unpaired) electrons. The van der Waals surface area contributed by atoms with E-state index < -0.39 is 6.10 Å². The molecule has 1 fully saturated rings. The summed E-state index contributed by atoms with van der Waals surface area (Å²) in [6.07, 6.45) is 0.0470. The summed E-state index contributed by atoms with van der Waals surface area (Å²) in [4.78, 5) is 10.4. The van der Waals surface area contributed by atoms with Crippen LogP contribution in [0.15, 0.2) is 0 Å². The molecule has 1 saturated heterocycles. The van der Waals surface area contributed by atoms with Gasteiger partial charge in [0, 0.05) is 0 Å². The number of carbonyl (C=O) groups excluding carboxylic acids is 1. The van der Waals surface area contributed by atoms with Gasteiger partial charge in [0.05, 0.1) is 6.42 Å². The minimum atomic E-state index is -0.567. The molecule has 0 spiro atoms. The minimum Gasteiger partial charge on any atom is -0.460 e. The van der Waals surface area contributed by atoms with Crippen LogP contribution in [0.25, 0.3) is 0 Å². The van der Waals surface area contributed by atoms with E-state index >= 15 is 0 Å². The van der Waals surface area contributed by atoms with Crippen molar-refractivity contribution in [1.29, 1.82) is 0 Å². The van der Waals surface area contributed by atoms with Gasteiger partial charge >= 0.3 is 5.97 Å². The third kappa shape index (κ3) is 1.21. The highest BCUT2D eigenvalue weighted by molar-refractivity contribution is 5.72. The molecule has 1 aliphatic rings. The molecule has 3 heteroatoms. The first-order valence-corrected chi connectivity index (χ1v) is 3.11. The molecule has 2 atom stereocenters. The van der Waals surface area contributed by atoms with Crippen molar-refractivity contribution in [2.24, 2.45) is 0 Å². The molecule has 0 aromatic heterocycles. The lowest BCUT2D eigenvalue weighted by molar-refractivity contribution is -0.141. The highest BCUT2D eigenvalue weighted by atomic mass is 16.6. The fourth-order valence-corrected chi connectivity index (χ4v) is 0.953. The van der Waals surface area contributed by atoms with Gasteiger partial charge in [0.25, 0.3) is 0 Å². The molecule has 1 rings (SSSR count). The summed E-state index contributed by atoms with van der Waals surface area (Å²) in [5.74, 6) is -0.283. The molecule has 1 N–H and O–H groups in total. The van der Waals surface area contributed by atoms with Crippen LogP contribution in [0, 0.1) is 0 Å². The van der Waals surface area contributed by atoms with Crippen LogP contribution in [0.3, 0.4) is 0 Å². The molecule has 0 unspecified atom stereocenters. The van der Waals surface area contributed by atoms with Gasteiger partial charge in [0.15, 0.2) is 0 Å². The zero-order valence-electron chi connectivity index (χ0n) is 5.33. The third-order valence-electron chi connectivity index (χ3n) is 1.49. The third-order valence-corrected chi connectivity index (χ3v) is 1.49. The van der Waals surface area contributed by atoms with Gasteiger partial charge in [-0.25, -0.2) is 0 Å². The zero-order valence-corrected chi connectivity index (χ0v) is 5.33. The van der Waals surface area contributed by atoms with Gasteiger partial charge in [-0.15, -0.1) is 0 Å². The first-order chi connectivity index (χ1) is 4.24. The van der Waals surface area contributed by atoms with Crippen molar-refractivity contribution in [2.75, 3.05) is 0 Å². The largest absolute Gasteiger partial charge is 0.460 e. The number of ether oxygens (including phenoxy) is 1. The van der Waals surface area contributed by atoms with E-state index in [9.17, 15) is 4.79 Å². The standard InChI is InChI=1S/C6H10O3/c1-2-5-4(7)3-6(8)9-5/h4-5,7H,2-3H2,1H3/t4-,5-/m0/s1. The van der Waals surface area contributed by atoms with Crippen molar-refractivity contribution in [3.8, 4) is 0 Å². The fraction of sp³-hybridized carbons (Fsp3) is 0.833. The summed E-state index contributed by atoms with van der Waals surface area (Å²) in [5, 5.41) is 9.01. The lowest BCUT2D eigenvalue weighted by Crippen LogP contribution is -2.18. The van der Waals surface area contributed by atoms with Gasteiger partial charge in [0.2, 0.25) is 0 Å². The van der Waals surface area contributed by atoms with Crippen LogP contribution >= 0.6 is 0 Å². The van der Waals surface area contributed by atoms with Crippen molar-refractivity contribution in [3.05, 3.63) is 0 Å². The lowest BCUT2D eigenvalue weighted by Gasteiger charge is -2.07. The number of cyclic esters (lactones) is 1. The SMILES string of the molecule is CC[C@@H]1OC(=O)C[C@@H]1O. The summed E-state index contributed by atoms with van der Waals surface area (Å²) in [6, 6.07) is 0. The molecule has 0 bridgehead atoms. The van der Waals surface area contributed by atoms with Crippen LogP contribution in [0.5, 0.6) is 0 Å². The number of hydrogen-bond donors (Lipinski definition) is 1. The molecule has 1 aliphatic heterocycles. The predicted octanol–water partition coefficient (Wildman–Crippen LogP) is 0.0728. The van der Waals surface area contributed by atoms with Crippen molar-refractivity contribution in [1.82, 2.24) is 0 Å². The molecule has 0 aromatic rings. The van der Waals surface area contributed by atoms with E-state index in [2.05, 4.69) is 0 Å². The van der Waals surface area contributed by atoms with Crippen molar-refractivity contribution < 1.29 is 14.6 Å². The Labute approximate surface area is 53.6 Å². The second-order valence-corrected chi connectivity index (χ2v) is 2.21. The van der Waals surface area contributed by atoms with Gasteiger partial charge in [-0.2, -0.15) is 0 Å². The zero-order chi connectivity index (χ0) is 6.85. The topological polar surface area (TPSA) is 46.5 Å². The number of rotatable bonds is 1. The molecular weight excluding hydrogens is 120 g/mol. The molecule has 52 valence electrons. The second-order valence-electron chi connectivity index (χ2n) is 2.21. The Kier molecular flexibility index (Phi) is 1.71. The number of aliphatic hydroxyl groups excluding tert-OH is 1. The van der Waals surface area contributed by atoms with Gasteiger partial charge in [-0.1, -0.05) is 6.92 Å². The number of hydrogen-bond acceptors (Lipinski definition) is 3. The van der Waals surface area contributed by atoms with E-state index in [0.29, 0.717) is 6.42 Å². The van der Waals surface area contributed by atoms with Gasteiger partial charge in [-0.05, 0) is 6.42 Å². The molecule has 9 heavy (non-hydrogen) atoms. The number of carbonyl (C=O) groups is 1. The maximum absolute atomic E-state index is 10.4. The Morgan fingerprint density at radius 2 is 2.56 bits per heavy atom. The van der Waals surface area contributed by atoms with E-state index in [-0.39, 0.29) is 18.5 Å². The first-order valence-electron chi connectivity index (χ1n) is 3.11. The summed E-state index contributed by atoms with van der Waals surface area (Å²) >= 11 is 0. The summed E-state index contributed by atoms with van der Waals surface area (Å²) < 4.78 is 4.73. The maximum Gasteiger partial charge on any atom is 0.308 e. The van der Waals surface area contributed by atoms with E-state index in [1.807, 2.05) is 6.92 Å². The van der Waals surface area contributed by atoms with E-state index in [1.54, 1.807) is 0 Å². The van der Waals surface area contributed by atoms with Crippen LogP contribution in [0.2, 0.25) is 0 Å². The molecular formula is C6H10O3. The quantitative estimate of drug-likeness (QED) is 0.511. The summed E-state index contributed by atoms with van der Waals surface area (Å²) in [6.45, 7) is 1.88. The number of aliphatic hydroxyl groups is 1. The Balaban J connectivity index is 2.47. The molecule has 0 amide bonds. The monoisotopic (exact) mass is 130 g/mol. The summed E-state index contributed by atoms with van der Waals surface area (Å²) in [7, 11) is 0. The fourth-order valence-electron chi connectivity index (χ4n) is 0.953. The van der Waals surface area contributed by atoms with Crippen LogP contribution < -0.4 is 0 Å². The van der Waals surface area contributed by atoms with E-state index in [4.69, 9.17) is 9.84 Å². The lowest BCUT2D eigenvalue weighted by atomic mass is 10.1. The highest BCUT2D eigenvalue weighted by Gasteiger charge is 2.31. The Morgan fingerprint density at radius 3 is 2.78 bits per heavy atom.